The Bertz CT molecular complexity index is 1160. The van der Waals surface area contributed by atoms with Crippen LogP contribution < -0.4 is 10.0 Å². The lowest BCUT2D eigenvalue weighted by atomic mass is 10.2. The van der Waals surface area contributed by atoms with Gasteiger partial charge in [-0.15, -0.1) is 0 Å². The van der Waals surface area contributed by atoms with Crippen molar-refractivity contribution in [3.8, 4) is 6.07 Å². The Morgan fingerprint density at radius 1 is 1.45 bits per heavy atom. The second kappa shape index (κ2) is 7.79. The Morgan fingerprint density at radius 3 is 2.83 bits per heavy atom. The molecule has 1 aromatic heterocycles. The number of aliphatic hydroxyl groups excluding tert-OH is 1. The van der Waals surface area contributed by atoms with Gasteiger partial charge in [-0.3, -0.25) is 4.79 Å². The van der Waals surface area contributed by atoms with Gasteiger partial charge in [0, 0.05) is 23.8 Å². The number of carbonyl (C=O) groups excluding carboxylic acids is 1. The van der Waals surface area contributed by atoms with E-state index in [0.29, 0.717) is 12.2 Å². The number of nitriles is 1. The minimum atomic E-state index is -3.98. The number of fused-ring (bicyclic) bond motifs is 1. The summed E-state index contributed by atoms with van der Waals surface area (Å²) in [6.07, 6.45) is 3.35. The van der Waals surface area contributed by atoms with E-state index in [2.05, 4.69) is 10.0 Å². The average molecular weight is 418 g/mol. The molecule has 1 unspecified atom stereocenters. The van der Waals surface area contributed by atoms with E-state index < -0.39 is 27.8 Å². The van der Waals surface area contributed by atoms with Gasteiger partial charge in [-0.05, 0) is 38.1 Å². The van der Waals surface area contributed by atoms with Gasteiger partial charge in [-0.1, -0.05) is 6.08 Å². The number of carbonyl (C=O) groups is 1. The molecule has 2 heterocycles. The summed E-state index contributed by atoms with van der Waals surface area (Å²) in [7, 11) is -3.98. The maximum Gasteiger partial charge on any atom is 0.272 e. The van der Waals surface area contributed by atoms with E-state index in [1.54, 1.807) is 22.8 Å². The molecule has 10 heteroatoms. The quantitative estimate of drug-likeness (QED) is 0.659. The number of aromatic nitrogens is 1. The second-order valence-electron chi connectivity index (χ2n) is 6.67. The van der Waals surface area contributed by atoms with Gasteiger partial charge in [0.2, 0.25) is 10.0 Å². The second-order valence-corrected chi connectivity index (χ2v) is 8.32. The van der Waals surface area contributed by atoms with Crippen LogP contribution in [0.2, 0.25) is 0 Å². The van der Waals surface area contributed by atoms with Crippen molar-refractivity contribution >= 4 is 27.7 Å². The number of allylic oxidation sites excluding steroid dienone is 1. The van der Waals surface area contributed by atoms with Crippen LogP contribution in [-0.2, 0) is 16.6 Å². The van der Waals surface area contributed by atoms with E-state index in [1.165, 1.54) is 26.0 Å². The van der Waals surface area contributed by atoms with Crippen LogP contribution >= 0.6 is 0 Å². The van der Waals surface area contributed by atoms with Gasteiger partial charge in [0.15, 0.2) is 0 Å². The lowest BCUT2D eigenvalue weighted by Gasteiger charge is -2.12. The number of nitrogens with zero attached hydrogens (tertiary/aromatic N) is 2. The smallest absolute Gasteiger partial charge is 0.272 e. The molecule has 8 nitrogen and oxygen atoms in total. The zero-order valence-electron chi connectivity index (χ0n) is 15.7. The highest BCUT2D eigenvalue weighted by molar-refractivity contribution is 7.89. The van der Waals surface area contributed by atoms with E-state index >= 15 is 0 Å². The zero-order chi connectivity index (χ0) is 21.3. The summed E-state index contributed by atoms with van der Waals surface area (Å²) in [6, 6.07) is 4.60. The number of benzene rings is 1. The first-order valence-electron chi connectivity index (χ1n) is 8.73. The van der Waals surface area contributed by atoms with Crippen molar-refractivity contribution in [1.29, 1.82) is 5.26 Å². The van der Waals surface area contributed by atoms with Gasteiger partial charge >= 0.3 is 0 Å². The SMILES string of the molecule is Cc1c(S(=O)(=O)NC(C)CO)c2n(c1C(=O)Nc1ccc(F)c(C#N)c1)CC=C2. The molecule has 1 aliphatic heterocycles. The van der Waals surface area contributed by atoms with Crippen LogP contribution in [0.3, 0.4) is 0 Å². The maximum atomic E-state index is 13.5. The van der Waals surface area contributed by atoms with Gasteiger partial charge in [0.1, 0.15) is 22.5 Å². The largest absolute Gasteiger partial charge is 0.395 e. The van der Waals surface area contributed by atoms with E-state index in [4.69, 9.17) is 10.4 Å². The Labute approximate surface area is 167 Å². The van der Waals surface area contributed by atoms with Gasteiger partial charge in [0.25, 0.3) is 5.91 Å². The highest BCUT2D eigenvalue weighted by atomic mass is 32.2. The van der Waals surface area contributed by atoms with Crippen LogP contribution in [0.25, 0.3) is 6.08 Å². The Balaban J connectivity index is 2.02. The number of sulfonamides is 1. The van der Waals surface area contributed by atoms with Crippen LogP contribution in [0.4, 0.5) is 10.1 Å². The summed E-state index contributed by atoms with van der Waals surface area (Å²) in [5.74, 6) is -1.29. The molecule has 3 N–H and O–H groups in total. The standard InChI is InChI=1S/C19H19FN4O4S/c1-11(10-25)23-29(27,28)18-12(2)17(24-7-3-4-16(18)24)19(26)22-14-5-6-15(20)13(8-14)9-21/h3-6,8,11,23,25H,7,10H2,1-2H3,(H,22,26). The number of anilines is 1. The molecule has 1 atom stereocenters. The molecule has 1 aliphatic rings. The fourth-order valence-corrected chi connectivity index (χ4v) is 4.92. The summed E-state index contributed by atoms with van der Waals surface area (Å²) in [6.45, 7) is 2.99. The molecule has 0 saturated carbocycles. The van der Waals surface area contributed by atoms with Crippen molar-refractivity contribution in [1.82, 2.24) is 9.29 Å². The third-order valence-corrected chi connectivity index (χ3v) is 6.28. The van der Waals surface area contributed by atoms with E-state index in [9.17, 15) is 17.6 Å². The third-order valence-electron chi connectivity index (χ3n) is 4.51. The lowest BCUT2D eigenvalue weighted by Crippen LogP contribution is -2.35. The first-order chi connectivity index (χ1) is 13.7. The molecule has 1 aromatic carbocycles. The summed E-state index contributed by atoms with van der Waals surface area (Å²) >= 11 is 0. The molecule has 0 aliphatic carbocycles. The summed E-state index contributed by atoms with van der Waals surface area (Å²) in [5, 5.41) is 20.7. The highest BCUT2D eigenvalue weighted by Crippen LogP contribution is 2.32. The summed E-state index contributed by atoms with van der Waals surface area (Å²) < 4.78 is 43.1. The number of aliphatic hydroxyl groups is 1. The molecule has 0 fully saturated rings. The van der Waals surface area contributed by atoms with E-state index in [1.807, 2.05) is 0 Å². The maximum absolute atomic E-state index is 13.5. The molecule has 0 saturated heterocycles. The molecular weight excluding hydrogens is 399 g/mol. The number of hydrogen-bond donors (Lipinski definition) is 3. The fraction of sp³-hybridized carbons (Fsp3) is 0.263. The number of halogens is 1. The Hall–Kier alpha value is -3.00. The number of rotatable bonds is 6. The van der Waals surface area contributed by atoms with Crippen LogP contribution in [-0.4, -0.2) is 36.6 Å². The van der Waals surface area contributed by atoms with Crippen molar-refractivity contribution in [3.05, 3.63) is 52.6 Å². The number of nitrogens with one attached hydrogen (secondary N) is 2. The van der Waals surface area contributed by atoms with Gasteiger partial charge < -0.3 is 15.0 Å². The van der Waals surface area contributed by atoms with Crippen LogP contribution in [0, 0.1) is 24.1 Å². The van der Waals surface area contributed by atoms with Crippen LogP contribution in [0.5, 0.6) is 0 Å². The van der Waals surface area contributed by atoms with Gasteiger partial charge in [-0.25, -0.2) is 17.5 Å². The molecule has 2 aromatic rings. The van der Waals surface area contributed by atoms with E-state index in [-0.39, 0.29) is 34.0 Å². The summed E-state index contributed by atoms with van der Waals surface area (Å²) in [4.78, 5) is 12.9. The first kappa shape index (κ1) is 20.7. The first-order valence-corrected chi connectivity index (χ1v) is 10.2. The molecular formula is C19H19FN4O4S. The number of hydrogen-bond acceptors (Lipinski definition) is 5. The van der Waals surface area contributed by atoms with Crippen molar-refractivity contribution in [3.63, 3.8) is 0 Å². The average Bonchev–Trinajstić information content (AvgIpc) is 3.21. The van der Waals surface area contributed by atoms with Crippen molar-refractivity contribution in [2.75, 3.05) is 11.9 Å². The molecule has 0 radical (unpaired) electrons. The molecule has 29 heavy (non-hydrogen) atoms. The van der Waals surface area contributed by atoms with Gasteiger partial charge in [0.05, 0.1) is 17.9 Å². The topological polar surface area (TPSA) is 124 Å². The zero-order valence-corrected chi connectivity index (χ0v) is 16.5. The fourth-order valence-electron chi connectivity index (χ4n) is 3.24. The predicted octanol–water partition coefficient (Wildman–Crippen LogP) is 1.75. The molecule has 152 valence electrons. The molecule has 1 amide bonds. The Morgan fingerprint density at radius 2 is 2.17 bits per heavy atom. The Kier molecular flexibility index (Phi) is 5.57. The van der Waals surface area contributed by atoms with Crippen molar-refractivity contribution < 1.29 is 22.7 Å². The lowest BCUT2D eigenvalue weighted by molar-refractivity contribution is 0.101. The van der Waals surface area contributed by atoms with E-state index in [0.717, 1.165) is 6.07 Å². The minimum Gasteiger partial charge on any atom is -0.395 e. The normalized spacial score (nSPS) is 13.8. The van der Waals surface area contributed by atoms with Crippen molar-refractivity contribution in [2.24, 2.45) is 0 Å². The molecule has 0 bridgehead atoms. The number of amides is 1. The third kappa shape index (κ3) is 3.80. The van der Waals surface area contributed by atoms with Crippen LogP contribution in [0.1, 0.15) is 34.2 Å². The molecule has 0 spiro atoms. The van der Waals surface area contributed by atoms with Crippen LogP contribution in [0.15, 0.2) is 29.2 Å². The molecule has 3 rings (SSSR count). The van der Waals surface area contributed by atoms with Gasteiger partial charge in [-0.2, -0.15) is 5.26 Å². The predicted molar refractivity (Wildman–Crippen MR) is 104 cm³/mol. The monoisotopic (exact) mass is 418 g/mol. The minimum absolute atomic E-state index is 0.0338. The highest BCUT2D eigenvalue weighted by Gasteiger charge is 2.32. The van der Waals surface area contributed by atoms with Crippen molar-refractivity contribution in [2.45, 2.75) is 31.3 Å². The summed E-state index contributed by atoms with van der Waals surface area (Å²) in [5.41, 5.74) is 0.756.